The van der Waals surface area contributed by atoms with E-state index in [1.54, 1.807) is 48.5 Å². The maximum Gasteiger partial charge on any atom is 0.355 e. The second-order valence-corrected chi connectivity index (χ2v) is 8.03. The van der Waals surface area contributed by atoms with Crippen molar-refractivity contribution in [3.63, 3.8) is 0 Å². The molecular weight excluding hydrogens is 448 g/mol. The van der Waals surface area contributed by atoms with Crippen LogP contribution in [0.4, 0.5) is 0 Å². The van der Waals surface area contributed by atoms with Crippen LogP contribution in [-0.2, 0) is 0 Å². The molecule has 0 fully saturated rings. The summed E-state index contributed by atoms with van der Waals surface area (Å²) in [6.07, 6.45) is 1.41. The van der Waals surface area contributed by atoms with Crippen LogP contribution in [0.1, 0.15) is 25.6 Å². The summed E-state index contributed by atoms with van der Waals surface area (Å²) in [5.74, 6) is -0.0895. The minimum Gasteiger partial charge on any atom is -0.497 e. The van der Waals surface area contributed by atoms with Crippen LogP contribution >= 0.6 is 22.9 Å². The molecule has 1 aromatic heterocycles. The number of hydrogen-bond acceptors (Lipinski definition) is 6. The van der Waals surface area contributed by atoms with Gasteiger partial charge in [0.15, 0.2) is 0 Å². The molecule has 4 aromatic rings. The highest BCUT2D eigenvalue weighted by molar-refractivity contribution is 7.21. The Labute approximate surface area is 193 Å². The van der Waals surface area contributed by atoms with Crippen molar-refractivity contribution in [2.24, 2.45) is 5.10 Å². The zero-order chi connectivity index (χ0) is 22.5. The van der Waals surface area contributed by atoms with Gasteiger partial charge in [-0.3, -0.25) is 4.79 Å². The molecule has 1 heterocycles. The molecule has 6 nitrogen and oxygen atoms in total. The number of para-hydroxylation sites is 1. The van der Waals surface area contributed by atoms with Crippen LogP contribution in [0, 0.1) is 0 Å². The molecule has 0 aliphatic rings. The Morgan fingerprint density at radius 2 is 1.81 bits per heavy atom. The van der Waals surface area contributed by atoms with Crippen LogP contribution in [0.2, 0.25) is 5.02 Å². The number of hydrogen-bond donors (Lipinski definition) is 1. The zero-order valence-electron chi connectivity index (χ0n) is 16.9. The highest BCUT2D eigenvalue weighted by Gasteiger charge is 2.19. The zero-order valence-corrected chi connectivity index (χ0v) is 18.4. The van der Waals surface area contributed by atoms with Gasteiger partial charge in [0.05, 0.1) is 18.3 Å². The molecule has 1 N–H and O–H groups in total. The van der Waals surface area contributed by atoms with Crippen molar-refractivity contribution in [3.05, 3.63) is 93.8 Å². The van der Waals surface area contributed by atoms with Crippen LogP contribution < -0.4 is 14.9 Å². The molecule has 0 spiro atoms. The number of rotatable bonds is 6. The van der Waals surface area contributed by atoms with Crippen molar-refractivity contribution in [1.29, 1.82) is 0 Å². The maximum absolute atomic E-state index is 12.8. The van der Waals surface area contributed by atoms with E-state index in [1.807, 2.05) is 24.3 Å². The number of carbonyl (C=O) groups is 2. The van der Waals surface area contributed by atoms with Crippen molar-refractivity contribution in [3.8, 4) is 11.5 Å². The normalized spacial score (nSPS) is 10.9. The number of esters is 1. The fourth-order valence-corrected chi connectivity index (χ4v) is 4.35. The first-order valence-electron chi connectivity index (χ1n) is 9.52. The molecule has 0 aliphatic heterocycles. The lowest BCUT2D eigenvalue weighted by atomic mass is 10.2. The Bertz CT molecular complexity index is 1330. The largest absolute Gasteiger partial charge is 0.497 e. The average Bonchev–Trinajstić information content (AvgIpc) is 3.17. The van der Waals surface area contributed by atoms with Gasteiger partial charge in [0.25, 0.3) is 5.91 Å². The van der Waals surface area contributed by atoms with Gasteiger partial charge in [-0.15, -0.1) is 11.3 Å². The summed E-state index contributed by atoms with van der Waals surface area (Å²) in [5, 5.41) is 5.16. The number of nitrogens with one attached hydrogen (secondary N) is 1. The molecular formula is C24H17ClN2O4S. The SMILES string of the molecule is COc1cccc(C(=O)N/N=C/c2ccccc2OC(=O)c2sc3ccccc3c2Cl)c1. The number of fused-ring (bicyclic) bond motifs is 1. The monoisotopic (exact) mass is 464 g/mol. The van der Waals surface area contributed by atoms with E-state index in [2.05, 4.69) is 10.5 Å². The molecule has 0 aliphatic carbocycles. The molecule has 8 heteroatoms. The Kier molecular flexibility index (Phi) is 6.49. The molecule has 0 saturated carbocycles. The number of ether oxygens (including phenoxy) is 2. The maximum atomic E-state index is 12.8. The predicted octanol–water partition coefficient (Wildman–Crippen LogP) is 5.55. The van der Waals surface area contributed by atoms with Gasteiger partial charge in [0.2, 0.25) is 0 Å². The van der Waals surface area contributed by atoms with Gasteiger partial charge >= 0.3 is 5.97 Å². The number of thiophene rings is 1. The topological polar surface area (TPSA) is 77.0 Å². The van der Waals surface area contributed by atoms with Crippen molar-refractivity contribution in [2.45, 2.75) is 0 Å². The highest BCUT2D eigenvalue weighted by atomic mass is 35.5. The summed E-state index contributed by atoms with van der Waals surface area (Å²) in [7, 11) is 1.53. The molecule has 3 aromatic carbocycles. The summed E-state index contributed by atoms with van der Waals surface area (Å²) in [4.78, 5) is 25.4. The molecule has 0 bridgehead atoms. The van der Waals surface area contributed by atoms with E-state index in [9.17, 15) is 9.59 Å². The van der Waals surface area contributed by atoms with Crippen molar-refractivity contribution >= 4 is 51.1 Å². The smallest absolute Gasteiger partial charge is 0.355 e. The minimum atomic E-state index is -0.558. The molecule has 0 radical (unpaired) electrons. The lowest BCUT2D eigenvalue weighted by Gasteiger charge is -2.07. The predicted molar refractivity (Wildman–Crippen MR) is 126 cm³/mol. The van der Waals surface area contributed by atoms with Gasteiger partial charge in [-0.25, -0.2) is 10.2 Å². The van der Waals surface area contributed by atoms with Crippen molar-refractivity contribution in [2.75, 3.05) is 7.11 Å². The number of halogens is 1. The van der Waals surface area contributed by atoms with E-state index in [0.29, 0.717) is 32.5 Å². The van der Waals surface area contributed by atoms with Gasteiger partial charge in [0, 0.05) is 21.2 Å². The molecule has 0 atom stereocenters. The van der Waals surface area contributed by atoms with Crippen LogP contribution in [0.15, 0.2) is 77.9 Å². The Hall–Kier alpha value is -3.68. The summed E-state index contributed by atoms with van der Waals surface area (Å²) in [6.45, 7) is 0. The molecule has 0 unspecified atom stereocenters. The number of hydrazone groups is 1. The van der Waals surface area contributed by atoms with E-state index in [4.69, 9.17) is 21.1 Å². The summed E-state index contributed by atoms with van der Waals surface area (Å²) in [6, 6.07) is 21.1. The lowest BCUT2D eigenvalue weighted by Crippen LogP contribution is -2.17. The third kappa shape index (κ3) is 4.64. The minimum absolute atomic E-state index is 0.297. The highest BCUT2D eigenvalue weighted by Crippen LogP contribution is 2.36. The van der Waals surface area contributed by atoms with Crippen LogP contribution in [0.3, 0.4) is 0 Å². The first kappa shape index (κ1) is 21.5. The van der Waals surface area contributed by atoms with Crippen LogP contribution in [-0.4, -0.2) is 25.2 Å². The third-order valence-corrected chi connectivity index (χ3v) is 6.20. The standard InChI is InChI=1S/C24H17ClN2O4S/c1-30-17-9-6-8-15(13-17)23(28)27-26-14-16-7-2-4-11-19(16)31-24(29)22-21(25)18-10-3-5-12-20(18)32-22/h2-14H,1H3,(H,27,28)/b26-14+. The van der Waals surface area contributed by atoms with Crippen LogP contribution in [0.5, 0.6) is 11.5 Å². The molecule has 4 rings (SSSR count). The van der Waals surface area contributed by atoms with Crippen molar-refractivity contribution < 1.29 is 19.1 Å². The van der Waals surface area contributed by atoms with Crippen LogP contribution in [0.25, 0.3) is 10.1 Å². The summed E-state index contributed by atoms with van der Waals surface area (Å²) in [5.41, 5.74) is 3.37. The van der Waals surface area contributed by atoms with Gasteiger partial charge in [0.1, 0.15) is 16.4 Å². The molecule has 160 valence electrons. The first-order valence-corrected chi connectivity index (χ1v) is 10.7. The second-order valence-electron chi connectivity index (χ2n) is 6.60. The van der Waals surface area contributed by atoms with Gasteiger partial charge < -0.3 is 9.47 Å². The number of nitrogens with zero attached hydrogens (tertiary/aromatic N) is 1. The van der Waals surface area contributed by atoms with E-state index in [1.165, 1.54) is 24.7 Å². The molecule has 0 saturated heterocycles. The first-order chi connectivity index (χ1) is 15.6. The number of benzene rings is 3. The Morgan fingerprint density at radius 1 is 1.03 bits per heavy atom. The van der Waals surface area contributed by atoms with E-state index in [0.717, 1.165) is 10.1 Å². The van der Waals surface area contributed by atoms with Gasteiger partial charge in [-0.1, -0.05) is 48.0 Å². The second kappa shape index (κ2) is 9.64. The average molecular weight is 465 g/mol. The third-order valence-electron chi connectivity index (χ3n) is 4.54. The molecule has 32 heavy (non-hydrogen) atoms. The lowest BCUT2D eigenvalue weighted by molar-refractivity contribution is 0.0739. The number of carbonyl (C=O) groups excluding carboxylic acids is 2. The van der Waals surface area contributed by atoms with E-state index < -0.39 is 11.9 Å². The summed E-state index contributed by atoms with van der Waals surface area (Å²) >= 11 is 7.66. The quantitative estimate of drug-likeness (QED) is 0.176. The van der Waals surface area contributed by atoms with Gasteiger partial charge in [-0.2, -0.15) is 5.10 Å². The van der Waals surface area contributed by atoms with Gasteiger partial charge in [-0.05, 0) is 36.4 Å². The number of methoxy groups -OCH3 is 1. The Morgan fingerprint density at radius 3 is 2.62 bits per heavy atom. The fourth-order valence-electron chi connectivity index (χ4n) is 2.96. The van der Waals surface area contributed by atoms with E-state index in [-0.39, 0.29) is 0 Å². The molecule has 1 amide bonds. The fraction of sp³-hybridized carbons (Fsp3) is 0.0417. The summed E-state index contributed by atoms with van der Waals surface area (Å²) < 4.78 is 11.6. The van der Waals surface area contributed by atoms with E-state index >= 15 is 0 Å². The van der Waals surface area contributed by atoms with Crippen molar-refractivity contribution in [1.82, 2.24) is 5.43 Å². The Balaban J connectivity index is 1.49. The number of amides is 1.